The van der Waals surface area contributed by atoms with Crippen LogP contribution in [0.5, 0.6) is 0 Å². The Kier molecular flexibility index (Phi) is 5.05. The molecule has 0 N–H and O–H groups in total. The molecule has 0 saturated carbocycles. The van der Waals surface area contributed by atoms with E-state index in [0.717, 1.165) is 27.8 Å². The van der Waals surface area contributed by atoms with E-state index >= 15 is 0 Å². The normalized spacial score (nSPS) is 10.9. The molecule has 5 aromatic rings. The summed E-state index contributed by atoms with van der Waals surface area (Å²) in [7, 11) is 0. The van der Waals surface area contributed by atoms with Crippen LogP contribution in [0.2, 0.25) is 0 Å². The molecule has 0 aliphatic carbocycles. The molecule has 0 amide bonds. The lowest BCUT2D eigenvalue weighted by molar-refractivity contribution is 0.425. The number of para-hydroxylation sites is 1. The van der Waals surface area contributed by atoms with E-state index in [2.05, 4.69) is 25.3 Å². The molecule has 3 heterocycles. The van der Waals surface area contributed by atoms with Gasteiger partial charge in [-0.25, -0.2) is 0 Å². The summed E-state index contributed by atoms with van der Waals surface area (Å²) in [5, 5.41) is 13.7. The fourth-order valence-corrected chi connectivity index (χ4v) is 3.80. The van der Waals surface area contributed by atoms with Gasteiger partial charge in [-0.1, -0.05) is 53.3 Å². The van der Waals surface area contributed by atoms with Gasteiger partial charge in [0.25, 0.3) is 5.89 Å². The van der Waals surface area contributed by atoms with Crippen LogP contribution >= 0.6 is 11.8 Å². The molecule has 5 rings (SSSR count). The van der Waals surface area contributed by atoms with E-state index in [-0.39, 0.29) is 0 Å². The number of hydrogen-bond acceptors (Lipinski definition) is 7. The average molecular weight is 412 g/mol. The summed E-state index contributed by atoms with van der Waals surface area (Å²) < 4.78 is 7.43. The van der Waals surface area contributed by atoms with E-state index in [9.17, 15) is 0 Å². The second kappa shape index (κ2) is 8.30. The van der Waals surface area contributed by atoms with Crippen LogP contribution in [-0.2, 0) is 5.75 Å². The van der Waals surface area contributed by atoms with Gasteiger partial charge in [-0.2, -0.15) is 4.98 Å². The summed E-state index contributed by atoms with van der Waals surface area (Å²) >= 11 is 1.51. The quantitative estimate of drug-likeness (QED) is 0.375. The molecule has 0 unspecified atom stereocenters. The summed E-state index contributed by atoms with van der Waals surface area (Å²) in [6.45, 7) is 0. The molecule has 2 aromatic carbocycles. The molecule has 0 fully saturated rings. The van der Waals surface area contributed by atoms with Crippen LogP contribution in [0.1, 0.15) is 5.82 Å². The highest BCUT2D eigenvalue weighted by atomic mass is 32.2. The Morgan fingerprint density at radius 1 is 0.800 bits per heavy atom. The third kappa shape index (κ3) is 3.72. The topological polar surface area (TPSA) is 82.5 Å². The predicted octanol–water partition coefficient (Wildman–Crippen LogP) is 4.67. The first-order chi connectivity index (χ1) is 14.9. The van der Waals surface area contributed by atoms with Crippen LogP contribution < -0.4 is 0 Å². The smallest absolute Gasteiger partial charge is 0.257 e. The lowest BCUT2D eigenvalue weighted by atomic mass is 10.2. The van der Waals surface area contributed by atoms with Gasteiger partial charge in [0.05, 0.1) is 5.75 Å². The van der Waals surface area contributed by atoms with Crippen molar-refractivity contribution in [3.63, 3.8) is 0 Å². The van der Waals surface area contributed by atoms with Crippen LogP contribution in [0, 0.1) is 0 Å². The second-order valence-corrected chi connectivity index (χ2v) is 7.33. The summed E-state index contributed by atoms with van der Waals surface area (Å²) in [5.74, 6) is 2.38. The largest absolute Gasteiger partial charge is 0.334 e. The van der Waals surface area contributed by atoms with E-state index in [1.165, 1.54) is 11.8 Å². The highest BCUT2D eigenvalue weighted by Crippen LogP contribution is 2.29. The van der Waals surface area contributed by atoms with Crippen molar-refractivity contribution in [3.05, 3.63) is 91.0 Å². The first-order valence-corrected chi connectivity index (χ1v) is 10.3. The number of aromatic nitrogens is 6. The predicted molar refractivity (Wildman–Crippen MR) is 114 cm³/mol. The molecule has 0 saturated heterocycles. The van der Waals surface area contributed by atoms with Gasteiger partial charge in [0.15, 0.2) is 16.8 Å². The summed E-state index contributed by atoms with van der Waals surface area (Å²) in [5.41, 5.74) is 2.82. The SMILES string of the molecule is c1ccc(-c2nc(CSc3nnc(-c4ccncc4)n3-c3ccccc3)no2)cc1. The first-order valence-electron chi connectivity index (χ1n) is 9.30. The summed E-state index contributed by atoms with van der Waals surface area (Å²) in [6.07, 6.45) is 3.49. The highest BCUT2D eigenvalue weighted by molar-refractivity contribution is 7.98. The van der Waals surface area contributed by atoms with Gasteiger partial charge in [0.2, 0.25) is 0 Å². The van der Waals surface area contributed by atoms with E-state index in [1.54, 1.807) is 12.4 Å². The van der Waals surface area contributed by atoms with Crippen LogP contribution in [0.25, 0.3) is 28.5 Å². The lowest BCUT2D eigenvalue weighted by Crippen LogP contribution is -2.00. The average Bonchev–Trinajstić information content (AvgIpc) is 3.47. The van der Waals surface area contributed by atoms with Crippen molar-refractivity contribution < 1.29 is 4.52 Å². The number of hydrogen-bond donors (Lipinski definition) is 0. The molecule has 146 valence electrons. The number of nitrogens with zero attached hydrogens (tertiary/aromatic N) is 6. The molecule has 30 heavy (non-hydrogen) atoms. The van der Waals surface area contributed by atoms with Gasteiger partial charge in [-0.15, -0.1) is 10.2 Å². The standard InChI is InChI=1S/C22H16N6OS/c1-3-7-17(8-4-1)21-24-19(27-29-21)15-30-22-26-25-20(16-11-13-23-14-12-16)28(22)18-9-5-2-6-10-18/h1-14H,15H2. The van der Waals surface area contributed by atoms with Crippen molar-refractivity contribution in [2.24, 2.45) is 0 Å². The second-order valence-electron chi connectivity index (χ2n) is 6.38. The maximum atomic E-state index is 5.40. The Morgan fingerprint density at radius 3 is 2.30 bits per heavy atom. The van der Waals surface area contributed by atoms with Crippen molar-refractivity contribution in [2.45, 2.75) is 10.9 Å². The zero-order valence-corrected chi connectivity index (χ0v) is 16.6. The van der Waals surface area contributed by atoms with Gasteiger partial charge in [-0.05, 0) is 36.4 Å². The van der Waals surface area contributed by atoms with Gasteiger partial charge in [0, 0.05) is 29.2 Å². The van der Waals surface area contributed by atoms with Gasteiger partial charge in [0.1, 0.15) is 0 Å². The molecule has 8 heteroatoms. The van der Waals surface area contributed by atoms with Crippen molar-refractivity contribution >= 4 is 11.8 Å². The number of thioether (sulfide) groups is 1. The van der Waals surface area contributed by atoms with Crippen LogP contribution in [0.15, 0.2) is 94.9 Å². The molecular formula is C22H16N6OS. The Labute approximate surface area is 176 Å². The number of pyridine rings is 1. The maximum absolute atomic E-state index is 5.40. The molecule has 0 aliphatic rings. The third-order valence-corrected chi connectivity index (χ3v) is 5.33. The molecule has 7 nitrogen and oxygen atoms in total. The van der Waals surface area contributed by atoms with Crippen molar-refractivity contribution in [1.29, 1.82) is 0 Å². The van der Waals surface area contributed by atoms with Crippen LogP contribution in [-0.4, -0.2) is 29.9 Å². The number of benzene rings is 2. The summed E-state index contributed by atoms with van der Waals surface area (Å²) in [6, 6.07) is 23.6. The van der Waals surface area contributed by atoms with Crippen molar-refractivity contribution in [1.82, 2.24) is 29.9 Å². The molecule has 0 atom stereocenters. The molecule has 0 radical (unpaired) electrons. The van der Waals surface area contributed by atoms with Crippen LogP contribution in [0.4, 0.5) is 0 Å². The van der Waals surface area contributed by atoms with E-state index < -0.39 is 0 Å². The zero-order valence-electron chi connectivity index (χ0n) is 15.8. The van der Waals surface area contributed by atoms with E-state index in [4.69, 9.17) is 4.52 Å². The Bertz CT molecular complexity index is 1240. The minimum Gasteiger partial charge on any atom is -0.334 e. The fraction of sp³-hybridized carbons (Fsp3) is 0.0455. The molecule has 0 bridgehead atoms. The maximum Gasteiger partial charge on any atom is 0.257 e. The summed E-state index contributed by atoms with van der Waals surface area (Å²) in [4.78, 5) is 8.59. The lowest BCUT2D eigenvalue weighted by Gasteiger charge is -2.09. The van der Waals surface area contributed by atoms with Crippen molar-refractivity contribution in [3.8, 4) is 28.5 Å². The van der Waals surface area contributed by atoms with E-state index in [1.807, 2.05) is 77.4 Å². The van der Waals surface area contributed by atoms with Crippen LogP contribution in [0.3, 0.4) is 0 Å². The minimum atomic E-state index is 0.508. The Balaban J connectivity index is 1.44. The Hall–Kier alpha value is -3.78. The van der Waals surface area contributed by atoms with Crippen molar-refractivity contribution in [2.75, 3.05) is 0 Å². The van der Waals surface area contributed by atoms with Gasteiger partial charge >= 0.3 is 0 Å². The Morgan fingerprint density at radius 2 is 1.53 bits per heavy atom. The highest BCUT2D eigenvalue weighted by Gasteiger charge is 2.17. The molecule has 0 aliphatic heterocycles. The van der Waals surface area contributed by atoms with Gasteiger partial charge in [-0.3, -0.25) is 9.55 Å². The molecule has 3 aromatic heterocycles. The molecular weight excluding hydrogens is 396 g/mol. The monoisotopic (exact) mass is 412 g/mol. The van der Waals surface area contributed by atoms with E-state index in [0.29, 0.717) is 17.5 Å². The third-order valence-electron chi connectivity index (χ3n) is 4.41. The molecule has 0 spiro atoms. The van der Waals surface area contributed by atoms with Gasteiger partial charge < -0.3 is 4.52 Å². The minimum absolute atomic E-state index is 0.508. The number of rotatable bonds is 6. The zero-order chi connectivity index (χ0) is 20.2. The fourth-order valence-electron chi connectivity index (χ4n) is 3.00. The first kappa shape index (κ1) is 18.3.